The van der Waals surface area contributed by atoms with Crippen LogP contribution < -0.4 is 11.1 Å². The first-order chi connectivity index (χ1) is 8.20. The molecule has 6 nitrogen and oxygen atoms in total. The van der Waals surface area contributed by atoms with Crippen LogP contribution in [0.4, 0.5) is 0 Å². The molecule has 0 saturated carbocycles. The number of primary amides is 1. The van der Waals surface area contributed by atoms with Gasteiger partial charge in [0, 0.05) is 30.9 Å². The molecular weight excluding hydrogens is 220 g/mol. The molecule has 0 saturated heterocycles. The van der Waals surface area contributed by atoms with Crippen molar-refractivity contribution in [3.8, 4) is 0 Å². The number of carbonyl (C=O) groups excluding carboxylic acids is 2. The molecule has 6 heteroatoms. The number of nitrogens with zero attached hydrogens (tertiary/aromatic N) is 2. The molecule has 0 atom stereocenters. The van der Waals surface area contributed by atoms with Crippen LogP contribution in [0.2, 0.25) is 0 Å². The standard InChI is InChI=1S/C6H6N2O.C5H6N2O/c7-6(9)5-2-1-3-8-4-5;8-5-1-2-6-3-4-7-5/h1-4H,(H2,7,9);1-3H,4H2,(H,7,8). The first kappa shape index (κ1) is 12.6. The summed E-state index contributed by atoms with van der Waals surface area (Å²) in [4.78, 5) is 28.2. The molecule has 3 N–H and O–H groups in total. The minimum absolute atomic E-state index is 0.0810. The van der Waals surface area contributed by atoms with Crippen LogP contribution in [-0.2, 0) is 4.79 Å². The molecule has 1 aliphatic rings. The molecule has 1 aliphatic heterocycles. The number of amides is 2. The van der Waals surface area contributed by atoms with Crippen LogP contribution in [0.5, 0.6) is 0 Å². The van der Waals surface area contributed by atoms with Gasteiger partial charge in [-0.15, -0.1) is 0 Å². The zero-order valence-electron chi connectivity index (χ0n) is 9.04. The zero-order valence-corrected chi connectivity index (χ0v) is 9.04. The third-order valence-electron chi connectivity index (χ3n) is 1.73. The van der Waals surface area contributed by atoms with Crippen molar-refractivity contribution >= 4 is 18.0 Å². The summed E-state index contributed by atoms with van der Waals surface area (Å²) in [5.74, 6) is -0.523. The maximum atomic E-state index is 10.4. The Balaban J connectivity index is 0.000000171. The number of hydrogen-bond acceptors (Lipinski definition) is 4. The molecule has 0 aromatic carbocycles. The number of carbonyl (C=O) groups is 2. The highest BCUT2D eigenvalue weighted by Gasteiger charge is 1.95. The monoisotopic (exact) mass is 232 g/mol. The van der Waals surface area contributed by atoms with Crippen molar-refractivity contribution < 1.29 is 9.59 Å². The fourth-order valence-corrected chi connectivity index (χ4v) is 0.938. The average Bonchev–Trinajstić information content (AvgIpc) is 2.59. The summed E-state index contributed by atoms with van der Waals surface area (Å²) in [5.41, 5.74) is 5.38. The Kier molecular flexibility index (Phi) is 5.09. The SMILES string of the molecule is NC(=O)c1cccnc1.O=C1C=CN=CCN1. The van der Waals surface area contributed by atoms with Crippen LogP contribution in [0.3, 0.4) is 0 Å². The molecular formula is C11H12N4O2. The van der Waals surface area contributed by atoms with Crippen LogP contribution in [0.15, 0.2) is 41.8 Å². The molecule has 2 amide bonds. The lowest BCUT2D eigenvalue weighted by molar-refractivity contribution is -0.116. The van der Waals surface area contributed by atoms with Gasteiger partial charge < -0.3 is 11.1 Å². The molecule has 0 bridgehead atoms. The normalized spacial score (nSPS) is 13.1. The van der Waals surface area contributed by atoms with E-state index in [4.69, 9.17) is 5.73 Å². The van der Waals surface area contributed by atoms with E-state index in [2.05, 4.69) is 15.3 Å². The number of hydrogen-bond donors (Lipinski definition) is 2. The first-order valence-corrected chi connectivity index (χ1v) is 4.86. The molecule has 88 valence electrons. The van der Waals surface area contributed by atoms with Gasteiger partial charge in [0.05, 0.1) is 12.1 Å². The van der Waals surface area contributed by atoms with Crippen molar-refractivity contribution in [2.45, 2.75) is 0 Å². The predicted molar refractivity (Wildman–Crippen MR) is 63.4 cm³/mol. The molecule has 0 radical (unpaired) electrons. The Morgan fingerprint density at radius 1 is 1.47 bits per heavy atom. The molecule has 2 rings (SSSR count). The first-order valence-electron chi connectivity index (χ1n) is 4.86. The molecule has 0 unspecified atom stereocenters. The van der Waals surface area contributed by atoms with E-state index in [1.54, 1.807) is 24.5 Å². The van der Waals surface area contributed by atoms with Crippen molar-refractivity contribution in [3.05, 3.63) is 42.4 Å². The average molecular weight is 232 g/mol. The summed E-state index contributed by atoms with van der Waals surface area (Å²) >= 11 is 0. The van der Waals surface area contributed by atoms with Crippen LogP contribution in [0.1, 0.15) is 10.4 Å². The molecule has 0 fully saturated rings. The van der Waals surface area contributed by atoms with Gasteiger partial charge in [0.2, 0.25) is 11.8 Å². The quantitative estimate of drug-likeness (QED) is 0.706. The van der Waals surface area contributed by atoms with Crippen LogP contribution in [0, 0.1) is 0 Å². The van der Waals surface area contributed by atoms with E-state index in [9.17, 15) is 9.59 Å². The summed E-state index contributed by atoms with van der Waals surface area (Å²) < 4.78 is 0. The number of aromatic nitrogens is 1. The third-order valence-corrected chi connectivity index (χ3v) is 1.73. The van der Waals surface area contributed by atoms with E-state index < -0.39 is 5.91 Å². The lowest BCUT2D eigenvalue weighted by atomic mass is 10.3. The fraction of sp³-hybridized carbons (Fsp3) is 0.0909. The van der Waals surface area contributed by atoms with E-state index in [1.165, 1.54) is 18.5 Å². The van der Waals surface area contributed by atoms with Crippen molar-refractivity contribution in [1.82, 2.24) is 10.3 Å². The number of nitrogens with one attached hydrogen (secondary N) is 1. The number of pyridine rings is 1. The van der Waals surface area contributed by atoms with Crippen molar-refractivity contribution in [2.75, 3.05) is 6.54 Å². The maximum absolute atomic E-state index is 10.4. The van der Waals surface area contributed by atoms with Gasteiger partial charge >= 0.3 is 0 Å². The zero-order chi connectivity index (χ0) is 12.5. The summed E-state index contributed by atoms with van der Waals surface area (Å²) in [6, 6.07) is 3.29. The highest BCUT2D eigenvalue weighted by atomic mass is 16.1. The molecule has 0 spiro atoms. The highest BCUT2D eigenvalue weighted by Crippen LogP contribution is 1.91. The Bertz CT molecular complexity index is 440. The predicted octanol–water partition coefficient (Wildman–Crippen LogP) is -0.119. The van der Waals surface area contributed by atoms with Gasteiger partial charge in [0.25, 0.3) is 0 Å². The highest BCUT2D eigenvalue weighted by molar-refractivity contribution is 5.92. The van der Waals surface area contributed by atoms with Crippen molar-refractivity contribution in [3.63, 3.8) is 0 Å². The summed E-state index contributed by atoms with van der Waals surface area (Å²) in [5, 5.41) is 2.57. The van der Waals surface area contributed by atoms with E-state index >= 15 is 0 Å². The second-order valence-electron chi connectivity index (χ2n) is 3.00. The maximum Gasteiger partial charge on any atom is 0.250 e. The third kappa shape index (κ3) is 5.22. The number of nitrogens with two attached hydrogens (primary N) is 1. The Morgan fingerprint density at radius 3 is 2.88 bits per heavy atom. The molecule has 0 aliphatic carbocycles. The molecule has 1 aromatic rings. The van der Waals surface area contributed by atoms with Gasteiger partial charge in [0.1, 0.15) is 0 Å². The van der Waals surface area contributed by atoms with Crippen molar-refractivity contribution in [1.29, 1.82) is 0 Å². The second kappa shape index (κ2) is 6.89. The Labute approximate surface area is 98.3 Å². The minimum Gasteiger partial charge on any atom is -0.366 e. The fourth-order valence-electron chi connectivity index (χ4n) is 0.938. The largest absolute Gasteiger partial charge is 0.366 e. The van der Waals surface area contributed by atoms with Gasteiger partial charge in [-0.3, -0.25) is 19.6 Å². The second-order valence-corrected chi connectivity index (χ2v) is 3.00. The summed E-state index contributed by atoms with van der Waals surface area (Å²) in [7, 11) is 0. The van der Waals surface area contributed by atoms with Gasteiger partial charge in [-0.05, 0) is 12.1 Å². The Morgan fingerprint density at radius 2 is 2.29 bits per heavy atom. The van der Waals surface area contributed by atoms with Gasteiger partial charge in [-0.25, -0.2) is 0 Å². The Hall–Kier alpha value is -2.50. The topological polar surface area (TPSA) is 97.4 Å². The smallest absolute Gasteiger partial charge is 0.250 e. The van der Waals surface area contributed by atoms with Gasteiger partial charge in [-0.2, -0.15) is 0 Å². The van der Waals surface area contributed by atoms with E-state index in [0.29, 0.717) is 12.1 Å². The molecule has 2 heterocycles. The lowest BCUT2D eigenvalue weighted by Gasteiger charge is -1.89. The molecule has 1 aromatic heterocycles. The van der Waals surface area contributed by atoms with Crippen molar-refractivity contribution in [2.24, 2.45) is 10.7 Å². The molecule has 17 heavy (non-hydrogen) atoms. The van der Waals surface area contributed by atoms with Gasteiger partial charge in [-0.1, -0.05) is 0 Å². The van der Waals surface area contributed by atoms with Crippen LogP contribution in [-0.4, -0.2) is 29.6 Å². The van der Waals surface area contributed by atoms with Gasteiger partial charge in [0.15, 0.2) is 0 Å². The summed E-state index contributed by atoms with van der Waals surface area (Å²) in [6.07, 6.45) is 7.53. The van der Waals surface area contributed by atoms with Crippen LogP contribution in [0.25, 0.3) is 0 Å². The minimum atomic E-state index is -0.442. The summed E-state index contributed by atoms with van der Waals surface area (Å²) in [6.45, 7) is 0.534. The number of rotatable bonds is 1. The van der Waals surface area contributed by atoms with E-state index in [-0.39, 0.29) is 5.91 Å². The lowest BCUT2D eigenvalue weighted by Crippen LogP contribution is -2.21. The van der Waals surface area contributed by atoms with E-state index in [0.717, 1.165) is 0 Å². The van der Waals surface area contributed by atoms with E-state index in [1.807, 2.05) is 0 Å². The van der Waals surface area contributed by atoms with Crippen LogP contribution >= 0.6 is 0 Å². The number of aliphatic imine (C=N–C) groups is 1.